The van der Waals surface area contributed by atoms with Gasteiger partial charge in [0.25, 0.3) is 0 Å². The molecular formula is C49H28N4OS. The fourth-order valence-corrected chi connectivity index (χ4v) is 9.46. The van der Waals surface area contributed by atoms with E-state index >= 15 is 0 Å². The van der Waals surface area contributed by atoms with E-state index in [1.807, 2.05) is 30.3 Å². The van der Waals surface area contributed by atoms with Gasteiger partial charge in [0, 0.05) is 64.5 Å². The number of aromatic nitrogens is 4. The molecule has 5 nitrogen and oxygen atoms in total. The number of nitrogens with zero attached hydrogens (tertiary/aromatic N) is 4. The van der Waals surface area contributed by atoms with Crippen molar-refractivity contribution in [2.45, 2.75) is 0 Å². The molecule has 0 amide bonds. The fourth-order valence-electron chi connectivity index (χ4n) is 8.37. The summed E-state index contributed by atoms with van der Waals surface area (Å²) in [6.45, 7) is 0. The van der Waals surface area contributed by atoms with Gasteiger partial charge in [-0.2, -0.15) is 0 Å². The predicted octanol–water partition coefficient (Wildman–Crippen LogP) is 13.4. The number of rotatable bonds is 4. The van der Waals surface area contributed by atoms with Gasteiger partial charge < -0.3 is 8.98 Å². The summed E-state index contributed by atoms with van der Waals surface area (Å²) in [7, 11) is 0. The van der Waals surface area contributed by atoms with E-state index in [0.29, 0.717) is 17.5 Å². The zero-order valence-electron chi connectivity index (χ0n) is 29.3. The monoisotopic (exact) mass is 720 g/mol. The summed E-state index contributed by atoms with van der Waals surface area (Å²) in [6.07, 6.45) is 0. The van der Waals surface area contributed by atoms with Crippen molar-refractivity contribution >= 4 is 86.0 Å². The van der Waals surface area contributed by atoms with Crippen molar-refractivity contribution in [3.63, 3.8) is 0 Å². The number of benzene rings is 8. The van der Waals surface area contributed by atoms with Crippen LogP contribution >= 0.6 is 11.3 Å². The van der Waals surface area contributed by atoms with Crippen molar-refractivity contribution in [3.8, 4) is 39.9 Å². The van der Waals surface area contributed by atoms with Crippen LogP contribution in [0.3, 0.4) is 0 Å². The Morgan fingerprint density at radius 1 is 0.418 bits per heavy atom. The molecule has 4 heterocycles. The topological polar surface area (TPSA) is 56.7 Å². The number of thiophene rings is 1. The Morgan fingerprint density at radius 2 is 1.11 bits per heavy atom. The molecule has 8 aromatic carbocycles. The molecule has 0 aliphatic rings. The van der Waals surface area contributed by atoms with Crippen molar-refractivity contribution < 1.29 is 4.42 Å². The van der Waals surface area contributed by atoms with Gasteiger partial charge in [0.05, 0.1) is 16.7 Å². The highest BCUT2D eigenvalue weighted by atomic mass is 32.1. The number of hydrogen-bond acceptors (Lipinski definition) is 5. The maximum atomic E-state index is 6.67. The number of furan rings is 1. The molecule has 0 aliphatic carbocycles. The predicted molar refractivity (Wildman–Crippen MR) is 228 cm³/mol. The molecule has 12 aromatic rings. The molecule has 0 saturated carbocycles. The van der Waals surface area contributed by atoms with Crippen LogP contribution in [0.5, 0.6) is 0 Å². The van der Waals surface area contributed by atoms with Crippen LogP contribution in [0, 0.1) is 0 Å². The second kappa shape index (κ2) is 11.7. The molecule has 256 valence electrons. The molecule has 0 radical (unpaired) electrons. The molecule has 0 atom stereocenters. The molecule has 12 rings (SSSR count). The molecule has 4 aromatic heterocycles. The summed E-state index contributed by atoms with van der Waals surface area (Å²) in [5.74, 6) is 1.82. The van der Waals surface area contributed by atoms with Gasteiger partial charge in [-0.05, 0) is 59.3 Å². The maximum Gasteiger partial charge on any atom is 0.164 e. The summed E-state index contributed by atoms with van der Waals surface area (Å²) in [4.78, 5) is 15.7. The normalized spacial score (nSPS) is 12.0. The molecule has 55 heavy (non-hydrogen) atoms. The summed E-state index contributed by atoms with van der Waals surface area (Å²) in [5.41, 5.74) is 7.55. The minimum Gasteiger partial charge on any atom is -0.456 e. The molecule has 0 bridgehead atoms. The summed E-state index contributed by atoms with van der Waals surface area (Å²) < 4.78 is 11.5. The first-order chi connectivity index (χ1) is 27.2. The lowest BCUT2D eigenvalue weighted by atomic mass is 10.0. The first kappa shape index (κ1) is 30.3. The summed E-state index contributed by atoms with van der Waals surface area (Å²) in [5, 5.41) is 9.29. The van der Waals surface area contributed by atoms with Crippen molar-refractivity contribution in [1.82, 2.24) is 19.5 Å². The Hall–Kier alpha value is -7.15. The van der Waals surface area contributed by atoms with Gasteiger partial charge in [0.2, 0.25) is 0 Å². The van der Waals surface area contributed by atoms with Crippen LogP contribution in [0.1, 0.15) is 0 Å². The van der Waals surface area contributed by atoms with Gasteiger partial charge in [-0.25, -0.2) is 15.0 Å². The Balaban J connectivity index is 1.17. The van der Waals surface area contributed by atoms with E-state index in [9.17, 15) is 0 Å². The number of para-hydroxylation sites is 2. The van der Waals surface area contributed by atoms with Gasteiger partial charge in [-0.15, -0.1) is 11.3 Å². The lowest BCUT2D eigenvalue weighted by Gasteiger charge is -2.13. The minimum atomic E-state index is 0.587. The zero-order valence-corrected chi connectivity index (χ0v) is 30.1. The van der Waals surface area contributed by atoms with Crippen LogP contribution in [-0.2, 0) is 0 Å². The van der Waals surface area contributed by atoms with Crippen LogP contribution < -0.4 is 0 Å². The van der Waals surface area contributed by atoms with Crippen molar-refractivity contribution in [2.24, 2.45) is 0 Å². The molecular weight excluding hydrogens is 693 g/mol. The third kappa shape index (κ3) is 4.62. The van der Waals surface area contributed by atoms with Gasteiger partial charge >= 0.3 is 0 Å². The average Bonchev–Trinajstić information content (AvgIpc) is 3.93. The first-order valence-corrected chi connectivity index (χ1v) is 19.2. The smallest absolute Gasteiger partial charge is 0.164 e. The van der Waals surface area contributed by atoms with E-state index in [2.05, 4.69) is 144 Å². The van der Waals surface area contributed by atoms with Gasteiger partial charge in [0.1, 0.15) is 11.2 Å². The van der Waals surface area contributed by atoms with Crippen molar-refractivity contribution in [2.75, 3.05) is 0 Å². The third-order valence-corrected chi connectivity index (χ3v) is 12.0. The van der Waals surface area contributed by atoms with Crippen LogP contribution in [-0.4, -0.2) is 19.5 Å². The summed E-state index contributed by atoms with van der Waals surface area (Å²) in [6, 6.07) is 59.6. The SMILES string of the molecule is c1ccc(-c2nc(-c3ccc4sc5ccccc5c4c3)nc(-c3cc(-n4c5ccccc5c5c6ccccc6ccc54)cc4oc5ccccc5c34)n2)cc1. The van der Waals surface area contributed by atoms with Crippen molar-refractivity contribution in [1.29, 1.82) is 0 Å². The molecule has 0 unspecified atom stereocenters. The quantitative estimate of drug-likeness (QED) is 0.182. The maximum absolute atomic E-state index is 6.67. The van der Waals surface area contributed by atoms with Crippen LogP contribution in [0.4, 0.5) is 0 Å². The largest absolute Gasteiger partial charge is 0.456 e. The Bertz CT molecular complexity index is 3500. The fraction of sp³-hybridized carbons (Fsp3) is 0. The molecule has 0 fully saturated rings. The lowest BCUT2D eigenvalue weighted by molar-refractivity contribution is 0.668. The molecule has 0 spiro atoms. The zero-order chi connectivity index (χ0) is 36.0. The van der Waals surface area contributed by atoms with Crippen molar-refractivity contribution in [3.05, 3.63) is 170 Å². The van der Waals surface area contributed by atoms with E-state index in [1.54, 1.807) is 11.3 Å². The van der Waals surface area contributed by atoms with Crippen LogP contribution in [0.2, 0.25) is 0 Å². The standard InChI is InChI=1S/C49H28N4OS/c1-2-13-30(14-3-1)47-50-48(31-23-25-44-37(26-31)34-16-8-11-21-43(34)55-44)52-49(51-47)38-27-32(28-42-46(38)36-18-7-10-20-41(36)54-42)53-39-19-9-6-17-35(39)45-33-15-5-4-12-29(33)22-24-40(45)53/h1-28H. The highest BCUT2D eigenvalue weighted by molar-refractivity contribution is 7.25. The number of hydrogen-bond donors (Lipinski definition) is 0. The van der Waals surface area contributed by atoms with Gasteiger partial charge in [-0.1, -0.05) is 115 Å². The number of fused-ring (bicyclic) bond motifs is 11. The Morgan fingerprint density at radius 3 is 2.00 bits per heavy atom. The first-order valence-electron chi connectivity index (χ1n) is 18.4. The second-order valence-electron chi connectivity index (χ2n) is 14.0. The van der Waals surface area contributed by atoms with Crippen LogP contribution in [0.25, 0.3) is 115 Å². The minimum absolute atomic E-state index is 0.587. The van der Waals surface area contributed by atoms with Gasteiger partial charge in [-0.3, -0.25) is 0 Å². The van der Waals surface area contributed by atoms with E-state index in [1.165, 1.54) is 41.7 Å². The van der Waals surface area contributed by atoms with E-state index in [-0.39, 0.29) is 0 Å². The average molecular weight is 721 g/mol. The molecule has 0 saturated heterocycles. The van der Waals surface area contributed by atoms with Crippen LogP contribution in [0.15, 0.2) is 174 Å². The highest BCUT2D eigenvalue weighted by Crippen LogP contribution is 2.42. The molecule has 6 heteroatoms. The lowest BCUT2D eigenvalue weighted by Crippen LogP contribution is -2.01. The highest BCUT2D eigenvalue weighted by Gasteiger charge is 2.22. The summed E-state index contributed by atoms with van der Waals surface area (Å²) >= 11 is 1.81. The van der Waals surface area contributed by atoms with Gasteiger partial charge in [0.15, 0.2) is 17.5 Å². The second-order valence-corrected chi connectivity index (χ2v) is 15.1. The van der Waals surface area contributed by atoms with E-state index in [0.717, 1.165) is 55.3 Å². The van der Waals surface area contributed by atoms with E-state index in [4.69, 9.17) is 19.4 Å². The Labute approximate surface area is 318 Å². The third-order valence-electron chi connectivity index (χ3n) is 10.8. The van der Waals surface area contributed by atoms with E-state index < -0.39 is 0 Å². The molecule has 0 aliphatic heterocycles. The molecule has 0 N–H and O–H groups in total. The Kier molecular flexibility index (Phi) is 6.44.